The molecule has 1 aromatic heterocycles. The summed E-state index contributed by atoms with van der Waals surface area (Å²) < 4.78 is 10.1. The largest absolute Gasteiger partial charge is 0.468 e. The molecule has 2 amide bonds. The first-order chi connectivity index (χ1) is 13.3. The summed E-state index contributed by atoms with van der Waals surface area (Å²) in [6.07, 6.45) is 1.38. The van der Waals surface area contributed by atoms with E-state index in [1.54, 1.807) is 31.2 Å². The molecular formula is C18H14N2O7S. The molecule has 28 heavy (non-hydrogen) atoms. The van der Waals surface area contributed by atoms with Gasteiger partial charge in [0.05, 0.1) is 16.9 Å². The summed E-state index contributed by atoms with van der Waals surface area (Å²) in [7, 11) is 1.16. The molecule has 144 valence electrons. The fourth-order valence-corrected chi connectivity index (χ4v) is 3.32. The number of benzene rings is 1. The van der Waals surface area contributed by atoms with Crippen molar-refractivity contribution in [2.75, 3.05) is 13.7 Å². The topological polar surface area (TPSA) is 120 Å². The van der Waals surface area contributed by atoms with Crippen LogP contribution in [0, 0.1) is 17.0 Å². The molecule has 0 spiro atoms. The van der Waals surface area contributed by atoms with Crippen LogP contribution in [-0.2, 0) is 14.3 Å². The molecule has 0 saturated carbocycles. The van der Waals surface area contributed by atoms with E-state index in [4.69, 9.17) is 4.42 Å². The second kappa shape index (κ2) is 7.69. The van der Waals surface area contributed by atoms with Crippen LogP contribution >= 0.6 is 11.8 Å². The number of nitrogens with zero attached hydrogens (tertiary/aromatic N) is 2. The molecule has 0 aliphatic carbocycles. The number of hydrogen-bond donors (Lipinski definition) is 0. The maximum atomic E-state index is 12.3. The number of carbonyl (C=O) groups is 3. The number of carbonyl (C=O) groups excluding carboxylic acids is 3. The highest BCUT2D eigenvalue weighted by molar-refractivity contribution is 8.18. The van der Waals surface area contributed by atoms with Crippen molar-refractivity contribution >= 4 is 40.6 Å². The summed E-state index contributed by atoms with van der Waals surface area (Å²) in [5.41, 5.74) is 1.01. The van der Waals surface area contributed by atoms with E-state index in [1.165, 1.54) is 12.1 Å². The third-order valence-electron chi connectivity index (χ3n) is 3.98. The molecule has 0 N–H and O–H groups in total. The number of furan rings is 1. The Morgan fingerprint density at radius 1 is 1.32 bits per heavy atom. The zero-order chi connectivity index (χ0) is 20.4. The number of ether oxygens (including phenoxy) is 1. The molecule has 0 atom stereocenters. The monoisotopic (exact) mass is 402 g/mol. The van der Waals surface area contributed by atoms with Crippen LogP contribution in [0.25, 0.3) is 17.4 Å². The Labute approximate surface area is 163 Å². The van der Waals surface area contributed by atoms with E-state index in [9.17, 15) is 24.5 Å². The summed E-state index contributed by atoms with van der Waals surface area (Å²) in [4.78, 5) is 47.0. The van der Waals surface area contributed by atoms with E-state index in [1.807, 2.05) is 0 Å². The molecule has 1 saturated heterocycles. The zero-order valence-corrected chi connectivity index (χ0v) is 15.6. The third-order valence-corrected chi connectivity index (χ3v) is 4.89. The molecule has 0 unspecified atom stereocenters. The van der Waals surface area contributed by atoms with Crippen LogP contribution in [0.3, 0.4) is 0 Å². The Balaban J connectivity index is 1.84. The standard InChI is InChI=1S/C18H14N2O7S/c1-10-3-4-11(7-13(10)20(24)25)14-6-5-12(27-14)8-15-17(22)19(18(23)28-15)9-16(21)26-2/h3-8H,9H2,1-2H3/b15-8-. The van der Waals surface area contributed by atoms with Crippen molar-refractivity contribution in [3.8, 4) is 11.3 Å². The number of methoxy groups -OCH3 is 1. The van der Waals surface area contributed by atoms with Crippen molar-refractivity contribution < 1.29 is 28.5 Å². The summed E-state index contributed by atoms with van der Waals surface area (Å²) in [6.45, 7) is 1.18. The first kappa shape index (κ1) is 19.4. The van der Waals surface area contributed by atoms with Gasteiger partial charge in [0, 0.05) is 23.3 Å². The highest BCUT2D eigenvalue weighted by Gasteiger charge is 2.36. The second-order valence-electron chi connectivity index (χ2n) is 5.80. The molecule has 9 nitrogen and oxygen atoms in total. The Kier molecular flexibility index (Phi) is 5.32. The van der Waals surface area contributed by atoms with Gasteiger partial charge in [-0.05, 0) is 30.8 Å². The van der Waals surface area contributed by atoms with Gasteiger partial charge in [-0.2, -0.15) is 0 Å². The van der Waals surface area contributed by atoms with Crippen LogP contribution in [0.15, 0.2) is 39.7 Å². The first-order valence-corrected chi connectivity index (χ1v) is 8.79. The molecule has 0 radical (unpaired) electrons. The van der Waals surface area contributed by atoms with Crippen LogP contribution < -0.4 is 0 Å². The van der Waals surface area contributed by atoms with Crippen molar-refractivity contribution in [3.05, 3.63) is 56.7 Å². The second-order valence-corrected chi connectivity index (χ2v) is 6.80. The summed E-state index contributed by atoms with van der Waals surface area (Å²) in [5.74, 6) is -0.654. The molecule has 1 aliphatic heterocycles. The van der Waals surface area contributed by atoms with Gasteiger partial charge in [-0.25, -0.2) is 0 Å². The van der Waals surface area contributed by atoms with E-state index in [0.717, 1.165) is 12.0 Å². The molecule has 1 aromatic carbocycles. The van der Waals surface area contributed by atoms with E-state index in [-0.39, 0.29) is 10.6 Å². The number of thioether (sulfide) groups is 1. The molecule has 1 aliphatic rings. The maximum absolute atomic E-state index is 12.3. The Bertz CT molecular complexity index is 1020. The average Bonchev–Trinajstić information content (AvgIpc) is 3.22. The Hall–Kier alpha value is -3.40. The third kappa shape index (κ3) is 3.81. The Morgan fingerprint density at radius 3 is 2.75 bits per heavy atom. The highest BCUT2D eigenvalue weighted by atomic mass is 32.2. The first-order valence-electron chi connectivity index (χ1n) is 7.97. The van der Waals surface area contributed by atoms with Crippen LogP contribution in [-0.4, -0.2) is 40.6 Å². The number of aryl methyl sites for hydroxylation is 1. The van der Waals surface area contributed by atoms with Gasteiger partial charge in [0.25, 0.3) is 16.8 Å². The average molecular weight is 402 g/mol. The number of amides is 2. The summed E-state index contributed by atoms with van der Waals surface area (Å²) >= 11 is 0.684. The van der Waals surface area contributed by atoms with Gasteiger partial charge in [0.1, 0.15) is 18.1 Å². The quantitative estimate of drug-likeness (QED) is 0.323. The van der Waals surface area contributed by atoms with Crippen LogP contribution in [0.4, 0.5) is 10.5 Å². The normalized spacial score (nSPS) is 15.4. The van der Waals surface area contributed by atoms with Gasteiger partial charge in [-0.1, -0.05) is 12.1 Å². The minimum atomic E-state index is -0.704. The van der Waals surface area contributed by atoms with Gasteiger partial charge in [-0.15, -0.1) is 0 Å². The van der Waals surface area contributed by atoms with Crippen molar-refractivity contribution in [3.63, 3.8) is 0 Å². The molecule has 1 fully saturated rings. The van der Waals surface area contributed by atoms with E-state index in [2.05, 4.69) is 4.74 Å². The lowest BCUT2D eigenvalue weighted by Crippen LogP contribution is -2.34. The molecule has 2 heterocycles. The number of esters is 1. The number of nitro groups is 1. The zero-order valence-electron chi connectivity index (χ0n) is 14.8. The molecular weight excluding hydrogens is 388 g/mol. The van der Waals surface area contributed by atoms with Gasteiger partial charge in [0.2, 0.25) is 0 Å². The van der Waals surface area contributed by atoms with Gasteiger partial charge in [0.15, 0.2) is 0 Å². The summed E-state index contributed by atoms with van der Waals surface area (Å²) in [5, 5.41) is 10.5. The maximum Gasteiger partial charge on any atom is 0.325 e. The van der Waals surface area contributed by atoms with Gasteiger partial charge >= 0.3 is 5.97 Å². The van der Waals surface area contributed by atoms with Crippen molar-refractivity contribution in [2.24, 2.45) is 0 Å². The van der Waals surface area contributed by atoms with Gasteiger partial charge in [-0.3, -0.25) is 29.4 Å². The number of rotatable bonds is 5. The van der Waals surface area contributed by atoms with E-state index in [0.29, 0.717) is 34.4 Å². The lowest BCUT2D eigenvalue weighted by Gasteiger charge is -2.09. The fourth-order valence-electron chi connectivity index (χ4n) is 2.50. The van der Waals surface area contributed by atoms with E-state index < -0.39 is 28.6 Å². The fraction of sp³-hybridized carbons (Fsp3) is 0.167. The van der Waals surface area contributed by atoms with Crippen LogP contribution in [0.2, 0.25) is 0 Å². The van der Waals surface area contributed by atoms with Crippen LogP contribution in [0.5, 0.6) is 0 Å². The molecule has 2 aromatic rings. The van der Waals surface area contributed by atoms with Crippen molar-refractivity contribution in [1.82, 2.24) is 4.90 Å². The Morgan fingerprint density at radius 2 is 2.07 bits per heavy atom. The van der Waals surface area contributed by atoms with Crippen molar-refractivity contribution in [1.29, 1.82) is 0 Å². The minimum absolute atomic E-state index is 0.0284. The lowest BCUT2D eigenvalue weighted by molar-refractivity contribution is -0.385. The van der Waals surface area contributed by atoms with E-state index >= 15 is 0 Å². The molecule has 0 bridgehead atoms. The van der Waals surface area contributed by atoms with Crippen LogP contribution in [0.1, 0.15) is 11.3 Å². The molecule has 10 heteroatoms. The number of nitro benzene ring substituents is 1. The number of imide groups is 1. The SMILES string of the molecule is COC(=O)CN1C(=O)S/C(=C\c2ccc(-c3ccc(C)c([N+](=O)[O-])c3)o2)C1=O. The highest BCUT2D eigenvalue weighted by Crippen LogP contribution is 2.34. The molecule has 3 rings (SSSR count). The lowest BCUT2D eigenvalue weighted by atomic mass is 10.1. The smallest absolute Gasteiger partial charge is 0.325 e. The summed E-state index contributed by atoms with van der Waals surface area (Å²) in [6, 6.07) is 7.90. The predicted octanol–water partition coefficient (Wildman–Crippen LogP) is 3.37. The minimum Gasteiger partial charge on any atom is -0.468 e. The predicted molar refractivity (Wildman–Crippen MR) is 100 cm³/mol. The van der Waals surface area contributed by atoms with Gasteiger partial charge < -0.3 is 9.15 Å². The van der Waals surface area contributed by atoms with Crippen molar-refractivity contribution in [2.45, 2.75) is 6.92 Å². The number of hydrogen-bond acceptors (Lipinski definition) is 8.